The summed E-state index contributed by atoms with van der Waals surface area (Å²) in [6.07, 6.45) is -3.69. The fraction of sp³-hybridized carbons (Fsp3) is 0.455. The Labute approximate surface area is 92.2 Å². The third kappa shape index (κ3) is 5.02. The van der Waals surface area contributed by atoms with Crippen LogP contribution in [0.3, 0.4) is 0 Å². The summed E-state index contributed by atoms with van der Waals surface area (Å²) in [5.74, 6) is 0.218. The van der Waals surface area contributed by atoms with Crippen LogP contribution in [0.1, 0.15) is 12.5 Å². The molecule has 16 heavy (non-hydrogen) atoms. The maximum Gasteiger partial charge on any atom is 0.422 e. The average molecular weight is 233 g/mol. The van der Waals surface area contributed by atoms with Crippen LogP contribution < -0.4 is 10.5 Å². The molecule has 2 N–H and O–H groups in total. The lowest BCUT2D eigenvalue weighted by atomic mass is 10.1. The maximum atomic E-state index is 11.9. The summed E-state index contributed by atoms with van der Waals surface area (Å²) in [7, 11) is 0. The Balaban J connectivity index is 2.60. The van der Waals surface area contributed by atoms with Gasteiger partial charge in [-0.2, -0.15) is 13.2 Å². The lowest BCUT2D eigenvalue weighted by Gasteiger charge is -2.11. The van der Waals surface area contributed by atoms with Gasteiger partial charge in [0.15, 0.2) is 6.61 Å². The molecule has 1 rings (SSSR count). The molecule has 0 bridgehead atoms. The van der Waals surface area contributed by atoms with Crippen molar-refractivity contribution in [3.8, 4) is 5.75 Å². The molecule has 0 aromatic heterocycles. The summed E-state index contributed by atoms with van der Waals surface area (Å²) >= 11 is 0. The van der Waals surface area contributed by atoms with Crippen LogP contribution >= 0.6 is 0 Å². The minimum atomic E-state index is -4.31. The minimum Gasteiger partial charge on any atom is -0.484 e. The minimum absolute atomic E-state index is 0.0298. The molecule has 0 fully saturated rings. The van der Waals surface area contributed by atoms with E-state index in [4.69, 9.17) is 5.73 Å². The topological polar surface area (TPSA) is 35.2 Å². The third-order valence-electron chi connectivity index (χ3n) is 1.86. The van der Waals surface area contributed by atoms with Gasteiger partial charge in [0.2, 0.25) is 0 Å². The summed E-state index contributed by atoms with van der Waals surface area (Å²) in [4.78, 5) is 0. The van der Waals surface area contributed by atoms with Gasteiger partial charge in [-0.15, -0.1) is 0 Å². The summed E-state index contributed by atoms with van der Waals surface area (Å²) < 4.78 is 40.3. The zero-order chi connectivity index (χ0) is 12.2. The van der Waals surface area contributed by atoms with E-state index in [-0.39, 0.29) is 11.8 Å². The van der Waals surface area contributed by atoms with Gasteiger partial charge < -0.3 is 10.5 Å². The normalized spacial score (nSPS) is 13.6. The predicted octanol–water partition coefficient (Wildman–Crippen LogP) is 2.52. The quantitative estimate of drug-likeness (QED) is 0.867. The van der Waals surface area contributed by atoms with Crippen LogP contribution in [-0.2, 0) is 6.42 Å². The monoisotopic (exact) mass is 233 g/mol. The summed E-state index contributed by atoms with van der Waals surface area (Å²) in [6.45, 7) is 0.567. The van der Waals surface area contributed by atoms with Gasteiger partial charge in [0.25, 0.3) is 0 Å². The van der Waals surface area contributed by atoms with E-state index in [9.17, 15) is 13.2 Å². The van der Waals surface area contributed by atoms with Crippen LogP contribution in [0.15, 0.2) is 24.3 Å². The van der Waals surface area contributed by atoms with Crippen molar-refractivity contribution in [2.75, 3.05) is 6.61 Å². The van der Waals surface area contributed by atoms with E-state index in [0.29, 0.717) is 6.42 Å². The van der Waals surface area contributed by atoms with Gasteiger partial charge in [-0.1, -0.05) is 12.1 Å². The standard InChI is InChI=1S/C11H14F3NO/c1-8(15)5-9-3-2-4-10(6-9)16-7-11(12,13)14/h2-4,6,8H,5,7,15H2,1H3. The number of rotatable bonds is 4. The van der Waals surface area contributed by atoms with Crippen molar-refractivity contribution in [1.29, 1.82) is 0 Å². The van der Waals surface area contributed by atoms with Crippen molar-refractivity contribution in [2.45, 2.75) is 25.6 Å². The molecule has 0 heterocycles. The van der Waals surface area contributed by atoms with Crippen LogP contribution in [0.5, 0.6) is 5.75 Å². The molecule has 2 nitrogen and oxygen atoms in total. The summed E-state index contributed by atoms with van der Waals surface area (Å²) in [5.41, 5.74) is 6.47. The van der Waals surface area contributed by atoms with Crippen molar-refractivity contribution in [1.82, 2.24) is 0 Å². The van der Waals surface area contributed by atoms with Gasteiger partial charge in [0.05, 0.1) is 0 Å². The van der Waals surface area contributed by atoms with Gasteiger partial charge in [0, 0.05) is 6.04 Å². The third-order valence-corrected chi connectivity index (χ3v) is 1.86. The molecular formula is C11H14F3NO. The van der Waals surface area contributed by atoms with Crippen molar-refractivity contribution in [3.05, 3.63) is 29.8 Å². The van der Waals surface area contributed by atoms with Gasteiger partial charge >= 0.3 is 6.18 Å². The number of hydrogen-bond donors (Lipinski definition) is 1. The van der Waals surface area contributed by atoms with E-state index >= 15 is 0 Å². The molecular weight excluding hydrogens is 219 g/mol. The molecule has 0 aliphatic heterocycles. The highest BCUT2D eigenvalue weighted by molar-refractivity contribution is 5.29. The Morgan fingerprint density at radius 1 is 1.38 bits per heavy atom. The maximum absolute atomic E-state index is 11.9. The zero-order valence-corrected chi connectivity index (χ0v) is 8.92. The SMILES string of the molecule is CC(N)Cc1cccc(OCC(F)(F)F)c1. The lowest BCUT2D eigenvalue weighted by molar-refractivity contribution is -0.153. The number of nitrogens with two attached hydrogens (primary N) is 1. The number of alkyl halides is 3. The molecule has 90 valence electrons. The molecule has 0 amide bonds. The van der Waals surface area contributed by atoms with Crippen molar-refractivity contribution >= 4 is 0 Å². The first kappa shape index (κ1) is 12.8. The highest BCUT2D eigenvalue weighted by Crippen LogP contribution is 2.19. The smallest absolute Gasteiger partial charge is 0.422 e. The fourth-order valence-corrected chi connectivity index (χ4v) is 1.30. The molecule has 0 saturated carbocycles. The van der Waals surface area contributed by atoms with Crippen LogP contribution in [0.2, 0.25) is 0 Å². The summed E-state index contributed by atoms with van der Waals surface area (Å²) in [6, 6.07) is 6.51. The molecule has 0 saturated heterocycles. The molecule has 1 atom stereocenters. The fourth-order valence-electron chi connectivity index (χ4n) is 1.30. The van der Waals surface area contributed by atoms with Gasteiger partial charge in [-0.3, -0.25) is 0 Å². The first-order valence-corrected chi connectivity index (χ1v) is 4.91. The van der Waals surface area contributed by atoms with Crippen molar-refractivity contribution < 1.29 is 17.9 Å². The molecule has 0 radical (unpaired) electrons. The Kier molecular flexibility index (Phi) is 4.18. The molecule has 0 aliphatic rings. The molecule has 0 spiro atoms. The first-order valence-electron chi connectivity index (χ1n) is 4.91. The lowest BCUT2D eigenvalue weighted by Crippen LogP contribution is -2.20. The van der Waals surface area contributed by atoms with E-state index in [1.54, 1.807) is 12.1 Å². The zero-order valence-electron chi connectivity index (χ0n) is 8.92. The van der Waals surface area contributed by atoms with E-state index in [1.807, 2.05) is 13.0 Å². The van der Waals surface area contributed by atoms with Crippen LogP contribution in [0.25, 0.3) is 0 Å². The van der Waals surface area contributed by atoms with Gasteiger partial charge in [-0.05, 0) is 31.0 Å². The molecule has 1 unspecified atom stereocenters. The number of ether oxygens (including phenoxy) is 1. The molecule has 5 heteroatoms. The second-order valence-corrected chi connectivity index (χ2v) is 3.73. The highest BCUT2D eigenvalue weighted by atomic mass is 19.4. The predicted molar refractivity (Wildman–Crippen MR) is 55.3 cm³/mol. The Hall–Kier alpha value is -1.23. The number of hydrogen-bond acceptors (Lipinski definition) is 2. The average Bonchev–Trinajstić information content (AvgIpc) is 2.13. The van der Waals surface area contributed by atoms with Gasteiger partial charge in [0.1, 0.15) is 5.75 Å². The number of halogens is 3. The second-order valence-electron chi connectivity index (χ2n) is 3.73. The molecule has 0 aliphatic carbocycles. The highest BCUT2D eigenvalue weighted by Gasteiger charge is 2.28. The second kappa shape index (κ2) is 5.21. The van der Waals surface area contributed by atoms with E-state index in [1.165, 1.54) is 6.07 Å². The van der Waals surface area contributed by atoms with Crippen molar-refractivity contribution in [2.24, 2.45) is 5.73 Å². The van der Waals surface area contributed by atoms with Crippen LogP contribution in [0.4, 0.5) is 13.2 Å². The first-order chi connectivity index (χ1) is 7.37. The molecule has 1 aromatic rings. The van der Waals surface area contributed by atoms with E-state index in [0.717, 1.165) is 5.56 Å². The van der Waals surface area contributed by atoms with Crippen LogP contribution in [0, 0.1) is 0 Å². The Bertz CT molecular complexity index is 336. The molecule has 1 aromatic carbocycles. The Morgan fingerprint density at radius 3 is 2.62 bits per heavy atom. The largest absolute Gasteiger partial charge is 0.484 e. The summed E-state index contributed by atoms with van der Waals surface area (Å²) in [5, 5.41) is 0. The van der Waals surface area contributed by atoms with Gasteiger partial charge in [-0.25, -0.2) is 0 Å². The van der Waals surface area contributed by atoms with E-state index in [2.05, 4.69) is 4.74 Å². The van der Waals surface area contributed by atoms with E-state index < -0.39 is 12.8 Å². The van der Waals surface area contributed by atoms with Crippen LogP contribution in [-0.4, -0.2) is 18.8 Å². The number of benzene rings is 1. The van der Waals surface area contributed by atoms with Crippen molar-refractivity contribution in [3.63, 3.8) is 0 Å². The Morgan fingerprint density at radius 2 is 2.06 bits per heavy atom.